The van der Waals surface area contributed by atoms with Crippen LogP contribution < -0.4 is 0 Å². The van der Waals surface area contributed by atoms with E-state index in [1.165, 1.54) is 0 Å². The molecule has 0 aliphatic rings. The molecular formula is C12H2S. The van der Waals surface area contributed by atoms with Crippen LogP contribution in [0.2, 0.25) is 0 Å². The molecule has 0 heterocycles. The quantitative estimate of drug-likeness (QED) is 0.406. The summed E-state index contributed by atoms with van der Waals surface area (Å²) in [7, 11) is 0. The monoisotopic (exact) mass is 178 g/mol. The molecule has 0 bridgehead atoms. The maximum Gasteiger partial charge on any atom is -0.000000000413 e. The topological polar surface area (TPSA) is 0 Å². The zero-order chi connectivity index (χ0) is 9.78. The smallest absolute Gasteiger partial charge is 0.000000000413 e. The van der Waals surface area contributed by atoms with Gasteiger partial charge >= 0.3 is 0 Å². The Kier molecular flexibility index (Phi) is 8.00. The van der Waals surface area contributed by atoms with E-state index in [0.29, 0.717) is 0 Å². The lowest BCUT2D eigenvalue weighted by Crippen LogP contribution is -1.53. The highest BCUT2D eigenvalue weighted by molar-refractivity contribution is 7.85. The minimum atomic E-state index is 2.12. The zero-order valence-corrected chi connectivity index (χ0v) is 7.42. The predicted molar refractivity (Wildman–Crippen MR) is 56.7 cm³/mol. The van der Waals surface area contributed by atoms with Gasteiger partial charge in [0.25, 0.3) is 0 Å². The zero-order valence-electron chi connectivity index (χ0n) is 6.52. The standard InChI is InChI=1S/C12H2S/c1-2-3-4-5-6-7-8-9-10-11-12-13/h1,13H. The average molecular weight is 178 g/mol. The summed E-state index contributed by atoms with van der Waals surface area (Å²) in [5.74, 6) is 23.9. The molecule has 0 N–H and O–H groups in total. The van der Waals surface area contributed by atoms with Crippen molar-refractivity contribution in [1.29, 1.82) is 0 Å². The third kappa shape index (κ3) is 9.71. The Labute approximate surface area is 83.9 Å². The Balaban J connectivity index is 4.14. The summed E-state index contributed by atoms with van der Waals surface area (Å²) < 4.78 is 0. The van der Waals surface area contributed by atoms with Crippen LogP contribution in [0.25, 0.3) is 0 Å². The van der Waals surface area contributed by atoms with Crippen molar-refractivity contribution in [3.63, 3.8) is 0 Å². The summed E-state index contributed by atoms with van der Waals surface area (Å²) in [6.07, 6.45) is 4.85. The van der Waals surface area contributed by atoms with Crippen LogP contribution in [-0.4, -0.2) is 0 Å². The Morgan fingerprint density at radius 3 is 1.38 bits per heavy atom. The summed E-state index contributed by atoms with van der Waals surface area (Å²) in [5.41, 5.74) is 0. The van der Waals surface area contributed by atoms with Gasteiger partial charge in [-0.3, -0.25) is 0 Å². The normalized spacial score (nSPS) is 3.69. The first-order chi connectivity index (χ1) is 6.41. The van der Waals surface area contributed by atoms with Crippen LogP contribution in [0, 0.1) is 70.9 Å². The molecule has 0 aromatic rings. The van der Waals surface area contributed by atoms with Gasteiger partial charge in [-0.2, -0.15) is 0 Å². The highest BCUT2D eigenvalue weighted by Gasteiger charge is 1.55. The molecule has 0 unspecified atom stereocenters. The Hall–Kier alpha value is -2.29. The Morgan fingerprint density at radius 1 is 0.615 bits per heavy atom. The van der Waals surface area contributed by atoms with Gasteiger partial charge in [0, 0.05) is 0 Å². The Morgan fingerprint density at radius 2 is 1.00 bits per heavy atom. The van der Waals surface area contributed by atoms with E-state index in [1.54, 1.807) is 0 Å². The molecule has 0 saturated carbocycles. The largest absolute Gasteiger partial charge is 0.106 e. The number of rotatable bonds is 0. The van der Waals surface area contributed by atoms with E-state index in [0.717, 1.165) is 0 Å². The molecule has 0 amide bonds. The molecule has 13 heavy (non-hydrogen) atoms. The van der Waals surface area contributed by atoms with Gasteiger partial charge in [-0.15, -0.1) is 6.42 Å². The molecule has 0 aromatic carbocycles. The van der Waals surface area contributed by atoms with Gasteiger partial charge in [0.1, 0.15) is 0 Å². The highest BCUT2D eigenvalue weighted by Crippen LogP contribution is 1.59. The van der Waals surface area contributed by atoms with Crippen LogP contribution in [0.15, 0.2) is 0 Å². The highest BCUT2D eigenvalue weighted by atomic mass is 32.1. The molecule has 0 atom stereocenters. The number of thiol groups is 1. The summed E-state index contributed by atoms with van der Waals surface area (Å²) >= 11 is 3.63. The van der Waals surface area contributed by atoms with E-state index in [2.05, 4.69) is 77.1 Å². The van der Waals surface area contributed by atoms with Crippen molar-refractivity contribution in [2.75, 3.05) is 0 Å². The molecule has 0 saturated heterocycles. The van der Waals surface area contributed by atoms with Crippen LogP contribution in [-0.2, 0) is 0 Å². The van der Waals surface area contributed by atoms with Gasteiger partial charge in [-0.1, -0.05) is 12.6 Å². The molecule has 0 fully saturated rings. The molecule has 56 valence electrons. The molecule has 0 nitrogen and oxygen atoms in total. The number of hydrogen-bond acceptors (Lipinski definition) is 1. The van der Waals surface area contributed by atoms with Crippen LogP contribution in [0.4, 0.5) is 0 Å². The summed E-state index contributed by atoms with van der Waals surface area (Å²) in [6.45, 7) is 0. The fourth-order valence-corrected chi connectivity index (χ4v) is 0.339. The lowest BCUT2D eigenvalue weighted by molar-refractivity contribution is 2.35. The van der Waals surface area contributed by atoms with Crippen LogP contribution in [0.3, 0.4) is 0 Å². The van der Waals surface area contributed by atoms with Gasteiger partial charge < -0.3 is 0 Å². The van der Waals surface area contributed by atoms with E-state index in [4.69, 9.17) is 6.42 Å². The lowest BCUT2D eigenvalue weighted by Gasteiger charge is -1.54. The summed E-state index contributed by atoms with van der Waals surface area (Å²) in [5, 5.41) is 2.31. The SMILES string of the molecule is C#CC#CC#CC#CC#CC#CS. The van der Waals surface area contributed by atoms with E-state index in [-0.39, 0.29) is 0 Å². The van der Waals surface area contributed by atoms with Gasteiger partial charge in [0.05, 0.1) is 0 Å². The van der Waals surface area contributed by atoms with Gasteiger partial charge in [0.2, 0.25) is 0 Å². The van der Waals surface area contributed by atoms with Crippen molar-refractivity contribution in [1.82, 2.24) is 0 Å². The van der Waals surface area contributed by atoms with Crippen molar-refractivity contribution in [3.05, 3.63) is 0 Å². The minimum Gasteiger partial charge on any atom is -0.106 e. The fraction of sp³-hybridized carbons (Fsp3) is 0. The first-order valence-electron chi connectivity index (χ1n) is 3.01. The third-order valence-corrected chi connectivity index (χ3v) is 0.740. The van der Waals surface area contributed by atoms with Gasteiger partial charge in [-0.25, -0.2) is 0 Å². The van der Waals surface area contributed by atoms with Gasteiger partial charge in [0.15, 0.2) is 0 Å². The first kappa shape index (κ1) is 10.7. The van der Waals surface area contributed by atoms with Crippen LogP contribution in [0.5, 0.6) is 0 Å². The molecule has 1 heteroatoms. The molecule has 0 aliphatic heterocycles. The van der Waals surface area contributed by atoms with E-state index < -0.39 is 0 Å². The second kappa shape index (κ2) is 9.71. The molecule has 0 radical (unpaired) electrons. The summed E-state index contributed by atoms with van der Waals surface area (Å²) in [6, 6.07) is 0. The van der Waals surface area contributed by atoms with E-state index in [1.807, 2.05) is 0 Å². The number of hydrogen-bond donors (Lipinski definition) is 1. The van der Waals surface area contributed by atoms with Crippen molar-refractivity contribution in [2.45, 2.75) is 0 Å². The lowest BCUT2D eigenvalue weighted by atomic mass is 10.5. The van der Waals surface area contributed by atoms with E-state index >= 15 is 0 Å². The molecule has 0 rings (SSSR count). The number of terminal acetylenes is 1. The molecule has 0 aromatic heterocycles. The maximum absolute atomic E-state index is 4.85. The third-order valence-electron chi connectivity index (χ3n) is 0.628. The maximum atomic E-state index is 4.85. The van der Waals surface area contributed by atoms with Crippen molar-refractivity contribution >= 4 is 12.6 Å². The van der Waals surface area contributed by atoms with Crippen molar-refractivity contribution in [2.24, 2.45) is 0 Å². The second-order valence-electron chi connectivity index (χ2n) is 1.38. The average Bonchev–Trinajstić information content (AvgIpc) is 2.16. The van der Waals surface area contributed by atoms with Gasteiger partial charge in [-0.05, 0) is 64.5 Å². The fourth-order valence-electron chi connectivity index (χ4n) is 0.283. The Bertz CT molecular complexity index is 503. The molecule has 0 aliphatic carbocycles. The molecule has 0 spiro atoms. The van der Waals surface area contributed by atoms with Crippen LogP contribution >= 0.6 is 12.6 Å². The summed E-state index contributed by atoms with van der Waals surface area (Å²) in [4.78, 5) is 0. The van der Waals surface area contributed by atoms with Crippen molar-refractivity contribution < 1.29 is 0 Å². The minimum absolute atomic E-state index is 2.12. The molecular weight excluding hydrogens is 176 g/mol. The van der Waals surface area contributed by atoms with Crippen LogP contribution in [0.1, 0.15) is 0 Å². The first-order valence-corrected chi connectivity index (χ1v) is 3.46. The van der Waals surface area contributed by atoms with Crippen molar-refractivity contribution in [3.8, 4) is 70.9 Å². The second-order valence-corrected chi connectivity index (χ2v) is 1.60. The predicted octanol–water partition coefficient (Wildman–Crippen LogP) is 0.524. The van der Waals surface area contributed by atoms with E-state index in [9.17, 15) is 0 Å².